The van der Waals surface area contributed by atoms with Crippen LogP contribution in [-0.4, -0.2) is 29.6 Å². The maximum Gasteiger partial charge on any atom is 0.272 e. The van der Waals surface area contributed by atoms with E-state index in [2.05, 4.69) is 47.8 Å². The van der Waals surface area contributed by atoms with Crippen molar-refractivity contribution in [3.63, 3.8) is 0 Å². The first-order chi connectivity index (χ1) is 24.9. The summed E-state index contributed by atoms with van der Waals surface area (Å²) >= 11 is 0. The number of hydrogen-bond acceptors (Lipinski definition) is 4. The number of nitrogens with zero attached hydrogens (tertiary/aromatic N) is 2. The fourth-order valence-electron chi connectivity index (χ4n) is 7.55. The molecule has 7 heteroatoms. The van der Waals surface area contributed by atoms with Gasteiger partial charge in [0.15, 0.2) is 0 Å². The lowest BCUT2D eigenvalue weighted by molar-refractivity contribution is -0.136. The molecule has 3 unspecified atom stereocenters. The van der Waals surface area contributed by atoms with E-state index in [4.69, 9.17) is 10.7 Å². The van der Waals surface area contributed by atoms with Crippen LogP contribution in [0.2, 0.25) is 0 Å². The van der Waals surface area contributed by atoms with Gasteiger partial charge in [0.25, 0.3) is 5.91 Å². The molecule has 3 amide bonds. The predicted molar refractivity (Wildman–Crippen MR) is 204 cm³/mol. The molecular weight excluding hydrogens is 633 g/mol. The number of aliphatic imine (C=N–C) groups is 1. The molecule has 7 rings (SSSR count). The highest BCUT2D eigenvalue weighted by molar-refractivity contribution is 6.20. The number of anilines is 1. The normalized spacial score (nSPS) is 17.1. The number of amides is 3. The molecule has 2 aliphatic rings. The Morgan fingerprint density at radius 3 is 2.25 bits per heavy atom. The van der Waals surface area contributed by atoms with Gasteiger partial charge in [0, 0.05) is 23.0 Å². The van der Waals surface area contributed by atoms with E-state index in [0.717, 1.165) is 58.9 Å². The van der Waals surface area contributed by atoms with Crippen molar-refractivity contribution in [1.82, 2.24) is 5.32 Å². The summed E-state index contributed by atoms with van der Waals surface area (Å²) in [6.45, 7) is 2.26. The number of hydrogen-bond donors (Lipinski definition) is 2. The molecule has 1 heterocycles. The average molecular weight is 677 g/mol. The Labute approximate surface area is 299 Å². The summed E-state index contributed by atoms with van der Waals surface area (Å²) in [5, 5.41) is 5.38. The van der Waals surface area contributed by atoms with Crippen LogP contribution in [0.15, 0.2) is 126 Å². The first kappa shape index (κ1) is 33.9. The minimum absolute atomic E-state index is 0.270. The second-order valence-electron chi connectivity index (χ2n) is 13.9. The third-order valence-corrected chi connectivity index (χ3v) is 10.5. The van der Waals surface area contributed by atoms with Gasteiger partial charge in [0.2, 0.25) is 18.0 Å². The molecule has 3 atom stereocenters. The van der Waals surface area contributed by atoms with E-state index < -0.39 is 23.9 Å². The van der Waals surface area contributed by atoms with Crippen LogP contribution in [0.1, 0.15) is 62.1 Å². The van der Waals surface area contributed by atoms with Gasteiger partial charge in [0.1, 0.15) is 0 Å². The number of rotatable bonds is 12. The number of carbonyl (C=O) groups excluding carboxylic acids is 3. The van der Waals surface area contributed by atoms with E-state index in [1.54, 1.807) is 4.90 Å². The maximum absolute atomic E-state index is 14.8. The fraction of sp³-hybridized carbons (Fsp3) is 0.273. The molecule has 258 valence electrons. The van der Waals surface area contributed by atoms with Gasteiger partial charge in [-0.15, -0.1) is 0 Å². The second-order valence-corrected chi connectivity index (χ2v) is 13.9. The zero-order chi connectivity index (χ0) is 35.3. The van der Waals surface area contributed by atoms with Crippen molar-refractivity contribution in [3.05, 3.63) is 138 Å². The zero-order valence-corrected chi connectivity index (χ0v) is 29.0. The highest BCUT2D eigenvalue weighted by atomic mass is 16.2. The maximum atomic E-state index is 14.8. The summed E-state index contributed by atoms with van der Waals surface area (Å²) in [5.41, 5.74) is 12.0. The third kappa shape index (κ3) is 7.34. The van der Waals surface area contributed by atoms with E-state index >= 15 is 0 Å². The first-order valence-electron chi connectivity index (χ1n) is 18.1. The Kier molecular flexibility index (Phi) is 10.1. The van der Waals surface area contributed by atoms with E-state index in [-0.39, 0.29) is 18.4 Å². The molecule has 1 saturated carbocycles. The van der Waals surface area contributed by atoms with Gasteiger partial charge in [0.05, 0.1) is 17.9 Å². The molecule has 1 aliphatic heterocycles. The van der Waals surface area contributed by atoms with Crippen LogP contribution in [0.5, 0.6) is 0 Å². The Bertz CT molecular complexity index is 2090. The molecule has 7 nitrogen and oxygen atoms in total. The lowest BCUT2D eigenvalue weighted by Gasteiger charge is -2.33. The molecule has 0 spiro atoms. The van der Waals surface area contributed by atoms with Crippen molar-refractivity contribution in [2.75, 3.05) is 4.90 Å². The lowest BCUT2D eigenvalue weighted by atomic mass is 9.74. The number of fused-ring (bicyclic) bond motifs is 2. The highest BCUT2D eigenvalue weighted by Crippen LogP contribution is 2.37. The molecule has 5 aromatic rings. The summed E-state index contributed by atoms with van der Waals surface area (Å²) in [4.78, 5) is 48.5. The zero-order valence-electron chi connectivity index (χ0n) is 29.0. The Morgan fingerprint density at radius 2 is 1.51 bits per heavy atom. The average Bonchev–Trinajstić information content (AvgIpc) is 3.25. The number of primary amides is 1. The van der Waals surface area contributed by atoms with Crippen LogP contribution in [0.4, 0.5) is 5.69 Å². The molecule has 1 fully saturated rings. The van der Waals surface area contributed by atoms with Gasteiger partial charge in [-0.3, -0.25) is 14.4 Å². The third-order valence-electron chi connectivity index (χ3n) is 10.5. The summed E-state index contributed by atoms with van der Waals surface area (Å²) < 4.78 is 0. The van der Waals surface area contributed by atoms with Crippen molar-refractivity contribution < 1.29 is 14.4 Å². The van der Waals surface area contributed by atoms with Gasteiger partial charge in [-0.1, -0.05) is 136 Å². The summed E-state index contributed by atoms with van der Waals surface area (Å²) in [6.07, 6.45) is 3.78. The van der Waals surface area contributed by atoms with Gasteiger partial charge < -0.3 is 16.0 Å². The molecule has 0 radical (unpaired) electrons. The molecule has 0 saturated heterocycles. The van der Waals surface area contributed by atoms with E-state index in [1.165, 1.54) is 5.39 Å². The summed E-state index contributed by atoms with van der Waals surface area (Å²) in [7, 11) is 0. The molecule has 3 N–H and O–H groups in total. The van der Waals surface area contributed by atoms with Crippen molar-refractivity contribution in [2.24, 2.45) is 28.5 Å². The number of para-hydroxylation sites is 1. The van der Waals surface area contributed by atoms with Crippen LogP contribution < -0.4 is 16.0 Å². The Balaban J connectivity index is 1.26. The van der Waals surface area contributed by atoms with Crippen molar-refractivity contribution in [3.8, 4) is 11.1 Å². The second kappa shape index (κ2) is 15.1. The molecular formula is C44H44N4O3. The topological polar surface area (TPSA) is 105 Å². The Morgan fingerprint density at radius 1 is 0.804 bits per heavy atom. The molecule has 5 aromatic carbocycles. The minimum Gasteiger partial charge on any atom is -0.369 e. The SMILES string of the molecule is CCCC(C(N)=O)C(CC1CCC1)C(=O)NC1N=C(c2ccccc2)c2ccccc2N(Cc2cccc(-c3ccc4ccccc4c3)c2)C1=O. The van der Waals surface area contributed by atoms with Crippen molar-refractivity contribution in [2.45, 2.75) is 58.2 Å². The van der Waals surface area contributed by atoms with E-state index in [9.17, 15) is 14.4 Å². The monoisotopic (exact) mass is 676 g/mol. The lowest BCUT2D eigenvalue weighted by Crippen LogP contribution is -2.51. The van der Waals surface area contributed by atoms with Gasteiger partial charge in [-0.2, -0.15) is 0 Å². The molecule has 1 aliphatic carbocycles. The van der Waals surface area contributed by atoms with Crippen molar-refractivity contribution in [1.29, 1.82) is 0 Å². The molecule has 0 aromatic heterocycles. The van der Waals surface area contributed by atoms with Crippen LogP contribution in [0.25, 0.3) is 21.9 Å². The van der Waals surface area contributed by atoms with Crippen LogP contribution in [-0.2, 0) is 20.9 Å². The molecule has 0 bridgehead atoms. The van der Waals surface area contributed by atoms with E-state index in [1.807, 2.05) is 85.8 Å². The predicted octanol–water partition coefficient (Wildman–Crippen LogP) is 8.04. The fourth-order valence-corrected chi connectivity index (χ4v) is 7.55. The van der Waals surface area contributed by atoms with Crippen molar-refractivity contribution >= 4 is 39.9 Å². The van der Waals surface area contributed by atoms with Gasteiger partial charge in [-0.25, -0.2) is 4.99 Å². The number of nitrogens with two attached hydrogens (primary N) is 1. The van der Waals surface area contributed by atoms with Gasteiger partial charge in [-0.05, 0) is 64.4 Å². The quantitative estimate of drug-likeness (QED) is 0.140. The van der Waals surface area contributed by atoms with Gasteiger partial charge >= 0.3 is 0 Å². The number of nitrogens with one attached hydrogen (secondary N) is 1. The smallest absolute Gasteiger partial charge is 0.272 e. The number of benzene rings is 5. The summed E-state index contributed by atoms with van der Waals surface area (Å²) in [6, 6.07) is 40.5. The standard InChI is InChI=1S/C44H44N4O3/c1-2-12-36(41(45)49)38(26-29-13-10-14-29)43(50)47-42-44(51)48(39-22-9-8-21-37(39)40(46-42)32-17-4-3-5-18-32)28-30-15-11-20-33(25-30)35-24-23-31-16-6-7-19-34(31)27-35/h3-9,11,15-25,27,29,36,38,42H,2,10,12-14,26,28H2,1H3,(H2,45,49)(H,47,50). The largest absolute Gasteiger partial charge is 0.369 e. The number of carbonyl (C=O) groups is 3. The van der Waals surface area contributed by atoms with Crippen LogP contribution in [0, 0.1) is 17.8 Å². The van der Waals surface area contributed by atoms with E-state index in [0.29, 0.717) is 30.2 Å². The summed E-state index contributed by atoms with van der Waals surface area (Å²) in [5.74, 6) is -2.04. The van der Waals surface area contributed by atoms with Crippen LogP contribution >= 0.6 is 0 Å². The highest BCUT2D eigenvalue weighted by Gasteiger charge is 2.39. The number of benzodiazepines with no additional fused rings is 1. The molecule has 51 heavy (non-hydrogen) atoms. The Hall–Kier alpha value is -5.56. The minimum atomic E-state index is -1.21. The first-order valence-corrected chi connectivity index (χ1v) is 18.1. The van der Waals surface area contributed by atoms with Crippen LogP contribution in [0.3, 0.4) is 0 Å².